The van der Waals surface area contributed by atoms with Gasteiger partial charge in [-0.25, -0.2) is 0 Å². The molecule has 0 spiro atoms. The van der Waals surface area contributed by atoms with E-state index in [0.717, 1.165) is 60.5 Å². The standard InChI is InChI=1S/C22H29N3O2.2ClH/c1-4-10-25(20-7-9-24-14-20)22(26)19-11-16(2)21(17(3)12-19)27-15-18-6-5-8-23-13-18;;/h5-6,8,11-13,20,24H,4,7,9-10,14-15H2,1-3H3;2*1H. The van der Waals surface area contributed by atoms with Crippen molar-refractivity contribution >= 4 is 30.7 Å². The Morgan fingerprint density at radius 1 is 1.28 bits per heavy atom. The third kappa shape index (κ3) is 6.33. The molecule has 1 N–H and O–H groups in total. The van der Waals surface area contributed by atoms with Gasteiger partial charge in [-0.3, -0.25) is 9.78 Å². The number of nitrogens with one attached hydrogen (secondary N) is 1. The van der Waals surface area contributed by atoms with Gasteiger partial charge in [-0.05, 0) is 62.6 Å². The molecule has 1 unspecified atom stereocenters. The summed E-state index contributed by atoms with van der Waals surface area (Å²) in [5.74, 6) is 0.968. The van der Waals surface area contributed by atoms with Gasteiger partial charge in [0.25, 0.3) is 5.91 Å². The number of amides is 1. The van der Waals surface area contributed by atoms with Crippen molar-refractivity contribution in [2.24, 2.45) is 0 Å². The fraction of sp³-hybridized carbons (Fsp3) is 0.455. The van der Waals surface area contributed by atoms with E-state index in [1.165, 1.54) is 0 Å². The zero-order valence-electron chi connectivity index (χ0n) is 17.3. The molecule has 29 heavy (non-hydrogen) atoms. The first-order valence-electron chi connectivity index (χ1n) is 9.74. The lowest BCUT2D eigenvalue weighted by atomic mass is 10.0. The van der Waals surface area contributed by atoms with E-state index in [4.69, 9.17) is 4.74 Å². The number of rotatable bonds is 7. The van der Waals surface area contributed by atoms with Crippen molar-refractivity contribution in [3.8, 4) is 5.75 Å². The predicted molar refractivity (Wildman–Crippen MR) is 122 cm³/mol. The summed E-state index contributed by atoms with van der Waals surface area (Å²) in [5.41, 5.74) is 3.75. The van der Waals surface area contributed by atoms with Crippen LogP contribution in [0.4, 0.5) is 0 Å². The molecular weight excluding hydrogens is 409 g/mol. The molecule has 1 atom stereocenters. The molecule has 1 saturated heterocycles. The van der Waals surface area contributed by atoms with E-state index < -0.39 is 0 Å². The molecular formula is C22H31Cl2N3O2. The third-order valence-corrected chi connectivity index (χ3v) is 5.01. The van der Waals surface area contributed by atoms with Crippen LogP contribution >= 0.6 is 24.8 Å². The SMILES string of the molecule is CCCN(C(=O)c1cc(C)c(OCc2cccnc2)c(C)c1)C1CCNC1.Cl.Cl. The minimum absolute atomic E-state index is 0. The third-order valence-electron chi connectivity index (χ3n) is 5.01. The summed E-state index contributed by atoms with van der Waals surface area (Å²) in [6.07, 6.45) is 5.55. The molecule has 0 radical (unpaired) electrons. The lowest BCUT2D eigenvalue weighted by Gasteiger charge is -2.28. The number of hydrogen-bond acceptors (Lipinski definition) is 4. The second kappa shape index (κ2) is 12.0. The topological polar surface area (TPSA) is 54.5 Å². The minimum atomic E-state index is 0. The quantitative estimate of drug-likeness (QED) is 0.696. The summed E-state index contributed by atoms with van der Waals surface area (Å²) in [7, 11) is 0. The number of pyridine rings is 1. The lowest BCUT2D eigenvalue weighted by Crippen LogP contribution is -2.42. The number of aromatic nitrogens is 1. The summed E-state index contributed by atoms with van der Waals surface area (Å²) in [6.45, 7) is 9.26. The molecule has 1 aromatic heterocycles. The number of aryl methyl sites for hydroxylation is 2. The van der Waals surface area contributed by atoms with Crippen LogP contribution in [0.3, 0.4) is 0 Å². The second-order valence-corrected chi connectivity index (χ2v) is 7.23. The van der Waals surface area contributed by atoms with Crippen molar-refractivity contribution in [2.45, 2.75) is 46.3 Å². The molecule has 160 valence electrons. The summed E-state index contributed by atoms with van der Waals surface area (Å²) >= 11 is 0. The van der Waals surface area contributed by atoms with Gasteiger partial charge < -0.3 is 15.0 Å². The predicted octanol–water partition coefficient (Wildman–Crippen LogP) is 4.34. The van der Waals surface area contributed by atoms with Crippen LogP contribution < -0.4 is 10.1 Å². The van der Waals surface area contributed by atoms with E-state index in [9.17, 15) is 4.79 Å². The first kappa shape index (κ1) is 25.2. The summed E-state index contributed by atoms with van der Waals surface area (Å²) < 4.78 is 6.02. The minimum Gasteiger partial charge on any atom is -0.488 e. The molecule has 3 rings (SSSR count). The average Bonchev–Trinajstić information content (AvgIpc) is 3.20. The number of hydrogen-bond donors (Lipinski definition) is 1. The van der Waals surface area contributed by atoms with Gasteiger partial charge in [-0.2, -0.15) is 0 Å². The van der Waals surface area contributed by atoms with Crippen LogP contribution in [0.25, 0.3) is 0 Å². The molecule has 1 aromatic carbocycles. The molecule has 5 nitrogen and oxygen atoms in total. The average molecular weight is 440 g/mol. The molecule has 1 aliphatic rings. The lowest BCUT2D eigenvalue weighted by molar-refractivity contribution is 0.0692. The fourth-order valence-electron chi connectivity index (χ4n) is 3.70. The number of carbonyl (C=O) groups is 1. The van der Waals surface area contributed by atoms with E-state index >= 15 is 0 Å². The molecule has 7 heteroatoms. The highest BCUT2D eigenvalue weighted by Gasteiger charge is 2.27. The Morgan fingerprint density at radius 2 is 2.00 bits per heavy atom. The van der Waals surface area contributed by atoms with Crippen LogP contribution in [0.15, 0.2) is 36.7 Å². The number of nitrogens with zero attached hydrogens (tertiary/aromatic N) is 2. The van der Waals surface area contributed by atoms with Crippen molar-refractivity contribution < 1.29 is 9.53 Å². The fourth-order valence-corrected chi connectivity index (χ4v) is 3.70. The Labute approximate surface area is 186 Å². The maximum absolute atomic E-state index is 13.2. The van der Waals surface area contributed by atoms with E-state index in [1.807, 2.05) is 43.0 Å². The largest absolute Gasteiger partial charge is 0.488 e. The van der Waals surface area contributed by atoms with Gasteiger partial charge in [-0.15, -0.1) is 24.8 Å². The summed E-state index contributed by atoms with van der Waals surface area (Å²) in [6, 6.07) is 8.10. The van der Waals surface area contributed by atoms with E-state index in [-0.39, 0.29) is 30.7 Å². The normalized spacial score (nSPS) is 15.2. The van der Waals surface area contributed by atoms with Crippen molar-refractivity contribution in [1.82, 2.24) is 15.2 Å². The number of carbonyl (C=O) groups excluding carboxylic acids is 1. The van der Waals surface area contributed by atoms with Gasteiger partial charge in [-0.1, -0.05) is 13.0 Å². The number of benzene rings is 1. The summed E-state index contributed by atoms with van der Waals surface area (Å²) in [4.78, 5) is 19.3. The first-order chi connectivity index (χ1) is 13.1. The molecule has 2 aromatic rings. The van der Waals surface area contributed by atoms with Crippen LogP contribution in [0.1, 0.15) is 46.8 Å². The number of halogens is 2. The van der Waals surface area contributed by atoms with Crippen LogP contribution in [-0.2, 0) is 6.61 Å². The van der Waals surface area contributed by atoms with Gasteiger partial charge in [0.15, 0.2) is 0 Å². The van der Waals surface area contributed by atoms with E-state index in [0.29, 0.717) is 12.6 Å². The zero-order valence-corrected chi connectivity index (χ0v) is 18.9. The van der Waals surface area contributed by atoms with E-state index in [1.54, 1.807) is 12.4 Å². The van der Waals surface area contributed by atoms with Gasteiger partial charge in [0, 0.05) is 42.7 Å². The van der Waals surface area contributed by atoms with Gasteiger partial charge >= 0.3 is 0 Å². The van der Waals surface area contributed by atoms with Crippen molar-refractivity contribution in [3.05, 3.63) is 58.9 Å². The molecule has 0 saturated carbocycles. The highest BCUT2D eigenvalue weighted by atomic mass is 35.5. The van der Waals surface area contributed by atoms with Crippen molar-refractivity contribution in [2.75, 3.05) is 19.6 Å². The summed E-state index contributed by atoms with van der Waals surface area (Å²) in [5, 5.41) is 3.36. The maximum atomic E-state index is 13.2. The smallest absolute Gasteiger partial charge is 0.254 e. The second-order valence-electron chi connectivity index (χ2n) is 7.23. The zero-order chi connectivity index (χ0) is 19.2. The number of ether oxygens (including phenoxy) is 1. The van der Waals surface area contributed by atoms with Crippen LogP contribution in [0.5, 0.6) is 5.75 Å². The molecule has 0 bridgehead atoms. The van der Waals surface area contributed by atoms with Gasteiger partial charge in [0.05, 0.1) is 0 Å². The van der Waals surface area contributed by atoms with Gasteiger partial charge in [0.1, 0.15) is 12.4 Å². The Hall–Kier alpha value is -1.82. The maximum Gasteiger partial charge on any atom is 0.254 e. The Balaban J connectivity index is 0.00000210. The Bertz CT molecular complexity index is 758. The van der Waals surface area contributed by atoms with Crippen molar-refractivity contribution in [1.29, 1.82) is 0 Å². The molecule has 1 amide bonds. The molecule has 1 aliphatic heterocycles. The van der Waals surface area contributed by atoms with Crippen LogP contribution in [0.2, 0.25) is 0 Å². The Kier molecular flexibility index (Phi) is 10.4. The van der Waals surface area contributed by atoms with Gasteiger partial charge in [0.2, 0.25) is 0 Å². The monoisotopic (exact) mass is 439 g/mol. The highest BCUT2D eigenvalue weighted by molar-refractivity contribution is 5.95. The highest BCUT2D eigenvalue weighted by Crippen LogP contribution is 2.27. The first-order valence-corrected chi connectivity index (χ1v) is 9.74. The van der Waals surface area contributed by atoms with Crippen LogP contribution in [0, 0.1) is 13.8 Å². The van der Waals surface area contributed by atoms with Crippen molar-refractivity contribution in [3.63, 3.8) is 0 Å². The molecule has 1 fully saturated rings. The van der Waals surface area contributed by atoms with E-state index in [2.05, 4.69) is 17.2 Å². The Morgan fingerprint density at radius 3 is 2.55 bits per heavy atom. The molecule has 2 heterocycles. The molecule has 0 aliphatic carbocycles. The van der Waals surface area contributed by atoms with Crippen LogP contribution in [-0.4, -0.2) is 41.5 Å².